The van der Waals surface area contributed by atoms with E-state index < -0.39 is 0 Å². The van der Waals surface area contributed by atoms with Crippen molar-refractivity contribution in [3.05, 3.63) is 65.0 Å². The van der Waals surface area contributed by atoms with Crippen LogP contribution < -0.4 is 10.3 Å². The zero-order chi connectivity index (χ0) is 18.3. The molecule has 0 aliphatic rings. The number of hydrogen-bond donors (Lipinski definition) is 0. The first kappa shape index (κ1) is 16.4. The Hall–Kier alpha value is -3.08. The van der Waals surface area contributed by atoms with E-state index in [0.717, 1.165) is 28.9 Å². The van der Waals surface area contributed by atoms with Crippen LogP contribution in [0, 0.1) is 5.92 Å². The van der Waals surface area contributed by atoms with E-state index in [2.05, 4.69) is 18.4 Å². The number of rotatable bonds is 4. The van der Waals surface area contributed by atoms with E-state index in [1.165, 1.54) is 0 Å². The highest BCUT2D eigenvalue weighted by Crippen LogP contribution is 2.24. The van der Waals surface area contributed by atoms with Crippen LogP contribution in [0.3, 0.4) is 0 Å². The maximum Gasteiger partial charge on any atom is 0.260 e. The maximum atomic E-state index is 12.9. The molecular weight excluding hydrogens is 326 g/mol. The van der Waals surface area contributed by atoms with Gasteiger partial charge in [0.15, 0.2) is 0 Å². The number of benzene rings is 2. The van der Waals surface area contributed by atoms with Crippen molar-refractivity contribution in [3.63, 3.8) is 0 Å². The summed E-state index contributed by atoms with van der Waals surface area (Å²) in [4.78, 5) is 17.7. The summed E-state index contributed by atoms with van der Waals surface area (Å²) in [6.45, 7) is 5.13. The minimum atomic E-state index is -0.0699. The van der Waals surface area contributed by atoms with Crippen LogP contribution in [0.2, 0.25) is 0 Å². The van der Waals surface area contributed by atoms with Gasteiger partial charge in [0.05, 0.1) is 23.8 Å². The Bertz CT molecular complexity index is 1140. The maximum absolute atomic E-state index is 12.9. The van der Waals surface area contributed by atoms with Crippen molar-refractivity contribution < 1.29 is 4.74 Å². The van der Waals surface area contributed by atoms with Crippen molar-refractivity contribution in [3.8, 4) is 17.0 Å². The van der Waals surface area contributed by atoms with Crippen LogP contribution in [-0.2, 0) is 6.54 Å². The quantitative estimate of drug-likeness (QED) is 0.561. The summed E-state index contributed by atoms with van der Waals surface area (Å²) >= 11 is 0. The van der Waals surface area contributed by atoms with Gasteiger partial charge in [0.25, 0.3) is 5.56 Å². The number of imidazole rings is 1. The lowest BCUT2D eigenvalue weighted by molar-refractivity contribution is 0.415. The molecule has 5 nitrogen and oxygen atoms in total. The number of nitrogens with zero attached hydrogens (tertiary/aromatic N) is 3. The largest absolute Gasteiger partial charge is 0.497 e. The van der Waals surface area contributed by atoms with Gasteiger partial charge in [0, 0.05) is 18.2 Å². The molecular formula is C21H21N3O2. The lowest BCUT2D eigenvalue weighted by Crippen LogP contribution is -2.15. The molecule has 132 valence electrons. The molecule has 0 fully saturated rings. The predicted molar refractivity (Wildman–Crippen MR) is 104 cm³/mol. The summed E-state index contributed by atoms with van der Waals surface area (Å²) in [5, 5.41) is 0. The average molecular weight is 347 g/mol. The Labute approximate surface area is 151 Å². The Balaban J connectivity index is 2.00. The minimum Gasteiger partial charge on any atom is -0.497 e. The topological polar surface area (TPSA) is 48.5 Å². The zero-order valence-electron chi connectivity index (χ0n) is 15.1. The number of ether oxygens (including phenoxy) is 1. The van der Waals surface area contributed by atoms with E-state index in [1.54, 1.807) is 17.6 Å². The number of methoxy groups -OCH3 is 1. The molecule has 0 N–H and O–H groups in total. The predicted octanol–water partition coefficient (Wildman–Crippen LogP) is 3.98. The van der Waals surface area contributed by atoms with Crippen LogP contribution >= 0.6 is 0 Å². The Morgan fingerprint density at radius 1 is 1.04 bits per heavy atom. The third kappa shape index (κ3) is 2.65. The molecule has 0 unspecified atom stereocenters. The van der Waals surface area contributed by atoms with Crippen molar-refractivity contribution in [2.45, 2.75) is 20.4 Å². The van der Waals surface area contributed by atoms with Crippen molar-refractivity contribution in [2.24, 2.45) is 5.92 Å². The zero-order valence-corrected chi connectivity index (χ0v) is 15.1. The average Bonchev–Trinajstić information content (AvgIpc) is 2.96. The minimum absolute atomic E-state index is 0.0699. The summed E-state index contributed by atoms with van der Waals surface area (Å²) < 4.78 is 9.04. The molecule has 26 heavy (non-hydrogen) atoms. The smallest absolute Gasteiger partial charge is 0.260 e. The molecule has 2 aromatic carbocycles. The van der Waals surface area contributed by atoms with Gasteiger partial charge in [0.2, 0.25) is 5.78 Å². The van der Waals surface area contributed by atoms with Crippen LogP contribution in [0.15, 0.2) is 59.4 Å². The highest BCUT2D eigenvalue weighted by Gasteiger charge is 2.15. The number of hydrogen-bond acceptors (Lipinski definition) is 3. The van der Waals surface area contributed by atoms with Crippen molar-refractivity contribution in [2.75, 3.05) is 7.11 Å². The SMILES string of the molecule is COc1ccc(-c2cc(=O)n3c4ccccc4n(CC(C)C)c3n2)cc1. The molecule has 0 amide bonds. The fourth-order valence-electron chi connectivity index (χ4n) is 3.32. The normalized spacial score (nSPS) is 11.5. The second-order valence-corrected chi connectivity index (χ2v) is 6.84. The van der Waals surface area contributed by atoms with Gasteiger partial charge in [-0.05, 0) is 42.3 Å². The first-order valence-corrected chi connectivity index (χ1v) is 8.74. The van der Waals surface area contributed by atoms with E-state index in [9.17, 15) is 4.79 Å². The summed E-state index contributed by atoms with van der Waals surface area (Å²) in [5.74, 6) is 1.90. The molecule has 0 saturated heterocycles. The Morgan fingerprint density at radius 2 is 1.73 bits per heavy atom. The second kappa shape index (κ2) is 6.33. The monoisotopic (exact) mass is 347 g/mol. The Kier molecular flexibility index (Phi) is 3.99. The van der Waals surface area contributed by atoms with Gasteiger partial charge in [-0.15, -0.1) is 0 Å². The van der Waals surface area contributed by atoms with Crippen LogP contribution in [0.4, 0.5) is 0 Å². The lowest BCUT2D eigenvalue weighted by Gasteiger charge is -2.09. The second-order valence-electron chi connectivity index (χ2n) is 6.84. The standard InChI is InChI=1S/C21H21N3O2/c1-14(2)13-23-18-6-4-5-7-19(18)24-20(25)12-17(22-21(23)24)15-8-10-16(26-3)11-9-15/h4-12,14H,13H2,1-3H3. The van der Waals surface area contributed by atoms with Crippen molar-refractivity contribution >= 4 is 16.8 Å². The van der Waals surface area contributed by atoms with Crippen LogP contribution in [0.5, 0.6) is 5.75 Å². The van der Waals surface area contributed by atoms with E-state index in [4.69, 9.17) is 9.72 Å². The molecule has 0 radical (unpaired) electrons. The summed E-state index contributed by atoms with van der Waals surface area (Å²) in [5.41, 5.74) is 3.41. The molecule has 4 aromatic rings. The van der Waals surface area contributed by atoms with E-state index in [-0.39, 0.29) is 5.56 Å². The molecule has 0 spiro atoms. The van der Waals surface area contributed by atoms with Gasteiger partial charge in [-0.25, -0.2) is 9.38 Å². The van der Waals surface area contributed by atoms with Gasteiger partial charge in [0.1, 0.15) is 5.75 Å². The summed E-state index contributed by atoms with van der Waals surface area (Å²) in [7, 11) is 1.63. The molecule has 2 heterocycles. The van der Waals surface area contributed by atoms with Crippen LogP contribution in [-0.4, -0.2) is 21.1 Å². The fourth-order valence-corrected chi connectivity index (χ4v) is 3.32. The molecule has 0 atom stereocenters. The van der Waals surface area contributed by atoms with Crippen LogP contribution in [0.25, 0.3) is 28.1 Å². The number of para-hydroxylation sites is 2. The summed E-state index contributed by atoms with van der Waals surface area (Å²) in [6, 6.07) is 17.2. The molecule has 2 aromatic heterocycles. The van der Waals surface area contributed by atoms with Gasteiger partial charge >= 0.3 is 0 Å². The highest BCUT2D eigenvalue weighted by molar-refractivity contribution is 5.81. The molecule has 0 bridgehead atoms. The third-order valence-electron chi connectivity index (χ3n) is 4.49. The van der Waals surface area contributed by atoms with E-state index in [0.29, 0.717) is 17.4 Å². The van der Waals surface area contributed by atoms with E-state index >= 15 is 0 Å². The molecule has 0 aliphatic carbocycles. The first-order chi connectivity index (χ1) is 12.6. The van der Waals surface area contributed by atoms with E-state index in [1.807, 2.05) is 48.5 Å². The van der Waals surface area contributed by atoms with Gasteiger partial charge in [-0.3, -0.25) is 4.79 Å². The lowest BCUT2D eigenvalue weighted by atomic mass is 10.1. The van der Waals surface area contributed by atoms with Crippen molar-refractivity contribution in [1.29, 1.82) is 0 Å². The molecule has 0 saturated carbocycles. The molecule has 4 rings (SSSR count). The number of aromatic nitrogens is 3. The van der Waals surface area contributed by atoms with Crippen molar-refractivity contribution in [1.82, 2.24) is 14.0 Å². The molecule has 5 heteroatoms. The van der Waals surface area contributed by atoms with Gasteiger partial charge in [-0.1, -0.05) is 26.0 Å². The first-order valence-electron chi connectivity index (χ1n) is 8.74. The van der Waals surface area contributed by atoms with Gasteiger partial charge < -0.3 is 9.30 Å². The molecule has 0 aliphatic heterocycles. The van der Waals surface area contributed by atoms with Gasteiger partial charge in [-0.2, -0.15) is 0 Å². The number of fused-ring (bicyclic) bond motifs is 3. The Morgan fingerprint density at radius 3 is 2.38 bits per heavy atom. The fraction of sp³-hybridized carbons (Fsp3) is 0.238. The van der Waals surface area contributed by atoms with Crippen LogP contribution in [0.1, 0.15) is 13.8 Å². The third-order valence-corrected chi connectivity index (χ3v) is 4.49. The summed E-state index contributed by atoms with van der Waals surface area (Å²) in [6.07, 6.45) is 0. The highest BCUT2D eigenvalue weighted by atomic mass is 16.5.